The third kappa shape index (κ3) is 7.15. The summed E-state index contributed by atoms with van der Waals surface area (Å²) in [6, 6.07) is 0. The fourth-order valence-electron chi connectivity index (χ4n) is 0.454. The monoisotopic (exact) mass is 138 g/mol. The van der Waals surface area contributed by atoms with Crippen LogP contribution in [0.25, 0.3) is 0 Å². The Morgan fingerprint density at radius 1 is 1.00 bits per heavy atom. The van der Waals surface area contributed by atoms with Crippen molar-refractivity contribution in [2.75, 3.05) is 0 Å². The van der Waals surface area contributed by atoms with Crippen molar-refractivity contribution in [2.45, 2.75) is 20.8 Å². The third-order valence-electron chi connectivity index (χ3n) is 0.897. The fourth-order valence-corrected chi connectivity index (χ4v) is 0.454. The average molecular weight is 138 g/mol. The molecule has 0 heterocycles. The molecule has 0 bridgehead atoms. The summed E-state index contributed by atoms with van der Waals surface area (Å²) in [7, 11) is 0. The number of hydrogen-bond acceptors (Lipinski definition) is 1. The van der Waals surface area contributed by atoms with Crippen LogP contribution in [0, 0.1) is 5.41 Å². The van der Waals surface area contributed by atoms with Crippen molar-refractivity contribution in [3.05, 3.63) is 24.3 Å². The second-order valence-corrected chi connectivity index (χ2v) is 3.25. The van der Waals surface area contributed by atoms with Crippen molar-refractivity contribution >= 4 is 6.29 Å². The van der Waals surface area contributed by atoms with E-state index < -0.39 is 0 Å². The minimum Gasteiger partial charge on any atom is -0.299 e. The minimum absolute atomic E-state index is 0.202. The van der Waals surface area contributed by atoms with E-state index in [0.717, 1.165) is 6.29 Å². The predicted molar refractivity (Wildman–Crippen MR) is 43.8 cm³/mol. The van der Waals surface area contributed by atoms with Crippen LogP contribution < -0.4 is 0 Å². The van der Waals surface area contributed by atoms with Gasteiger partial charge in [-0.3, -0.25) is 4.79 Å². The maximum Gasteiger partial charge on any atom is 0.142 e. The van der Waals surface area contributed by atoms with Gasteiger partial charge < -0.3 is 0 Å². The Bertz CT molecular complexity index is 147. The number of carbonyl (C=O) groups is 1. The Kier molecular flexibility index (Phi) is 3.70. The van der Waals surface area contributed by atoms with Gasteiger partial charge in [-0.25, -0.2) is 0 Å². The quantitative estimate of drug-likeness (QED) is 0.325. The summed E-state index contributed by atoms with van der Waals surface area (Å²) in [6.07, 6.45) is 7.91. The van der Waals surface area contributed by atoms with Crippen LogP contribution in [0.1, 0.15) is 20.8 Å². The standard InChI is InChI=1S/C9H14O/c1-9(2,3)7-5-4-6-8-10/h4-8H,1-3H3/b6-4-,7-5+. The van der Waals surface area contributed by atoms with Crippen molar-refractivity contribution < 1.29 is 4.79 Å². The van der Waals surface area contributed by atoms with E-state index in [-0.39, 0.29) is 5.41 Å². The first-order valence-electron chi connectivity index (χ1n) is 3.36. The molecule has 0 atom stereocenters. The first-order valence-corrected chi connectivity index (χ1v) is 3.36. The Hall–Kier alpha value is -0.850. The zero-order valence-electron chi connectivity index (χ0n) is 6.79. The SMILES string of the molecule is CC(C)(C)/C=C/C=C\C=O. The highest BCUT2D eigenvalue weighted by Crippen LogP contribution is 2.13. The van der Waals surface area contributed by atoms with Crippen LogP contribution in [0.15, 0.2) is 24.3 Å². The molecule has 0 aliphatic rings. The third-order valence-corrected chi connectivity index (χ3v) is 0.897. The van der Waals surface area contributed by atoms with Gasteiger partial charge in [-0.1, -0.05) is 39.0 Å². The van der Waals surface area contributed by atoms with Gasteiger partial charge in [0.15, 0.2) is 0 Å². The van der Waals surface area contributed by atoms with E-state index in [1.807, 2.05) is 12.2 Å². The normalized spacial score (nSPS) is 13.1. The van der Waals surface area contributed by atoms with E-state index in [2.05, 4.69) is 20.8 Å². The van der Waals surface area contributed by atoms with E-state index in [1.54, 1.807) is 6.08 Å². The topological polar surface area (TPSA) is 17.1 Å². The molecule has 0 radical (unpaired) electrons. The first kappa shape index (κ1) is 9.15. The molecular weight excluding hydrogens is 124 g/mol. The molecule has 0 saturated heterocycles. The molecule has 56 valence electrons. The van der Waals surface area contributed by atoms with Gasteiger partial charge in [-0.05, 0) is 11.5 Å². The largest absolute Gasteiger partial charge is 0.299 e. The highest BCUT2D eigenvalue weighted by Gasteiger charge is 2.01. The maximum atomic E-state index is 9.81. The van der Waals surface area contributed by atoms with Gasteiger partial charge in [-0.15, -0.1) is 0 Å². The summed E-state index contributed by atoms with van der Waals surface area (Å²) < 4.78 is 0. The summed E-state index contributed by atoms with van der Waals surface area (Å²) >= 11 is 0. The smallest absolute Gasteiger partial charge is 0.142 e. The second-order valence-electron chi connectivity index (χ2n) is 3.25. The number of rotatable bonds is 2. The van der Waals surface area contributed by atoms with Crippen molar-refractivity contribution in [2.24, 2.45) is 5.41 Å². The Morgan fingerprint density at radius 3 is 2.00 bits per heavy atom. The molecule has 0 spiro atoms. The van der Waals surface area contributed by atoms with E-state index in [0.29, 0.717) is 0 Å². The van der Waals surface area contributed by atoms with Crippen LogP contribution in [0.2, 0.25) is 0 Å². The number of allylic oxidation sites excluding steroid dienone is 4. The number of aldehydes is 1. The molecule has 0 N–H and O–H groups in total. The summed E-state index contributed by atoms with van der Waals surface area (Å²) in [5.41, 5.74) is 0.202. The molecule has 0 rings (SSSR count). The van der Waals surface area contributed by atoms with Crippen LogP contribution in [-0.2, 0) is 4.79 Å². The summed E-state index contributed by atoms with van der Waals surface area (Å²) in [5, 5.41) is 0. The lowest BCUT2D eigenvalue weighted by atomic mass is 9.96. The lowest BCUT2D eigenvalue weighted by Crippen LogP contribution is -1.97. The predicted octanol–water partition coefficient (Wildman–Crippen LogP) is 2.34. The number of hydrogen-bond donors (Lipinski definition) is 0. The maximum absolute atomic E-state index is 9.81. The zero-order chi connectivity index (χ0) is 8.04. The molecule has 0 unspecified atom stereocenters. The van der Waals surface area contributed by atoms with Gasteiger partial charge in [0.05, 0.1) is 0 Å². The second kappa shape index (κ2) is 4.04. The Labute approximate surface area is 62.4 Å². The van der Waals surface area contributed by atoms with Gasteiger partial charge >= 0.3 is 0 Å². The van der Waals surface area contributed by atoms with E-state index >= 15 is 0 Å². The lowest BCUT2D eigenvalue weighted by Gasteiger charge is -2.09. The van der Waals surface area contributed by atoms with Crippen LogP contribution in [0.5, 0.6) is 0 Å². The number of carbonyl (C=O) groups excluding carboxylic acids is 1. The van der Waals surface area contributed by atoms with E-state index in [1.165, 1.54) is 6.08 Å². The Balaban J connectivity index is 3.77. The zero-order valence-corrected chi connectivity index (χ0v) is 6.79. The first-order chi connectivity index (χ1) is 4.56. The molecule has 0 aromatic carbocycles. The molecule has 0 fully saturated rings. The van der Waals surface area contributed by atoms with E-state index in [4.69, 9.17) is 0 Å². The summed E-state index contributed by atoms with van der Waals surface area (Å²) in [5.74, 6) is 0. The van der Waals surface area contributed by atoms with E-state index in [9.17, 15) is 4.79 Å². The van der Waals surface area contributed by atoms with Crippen LogP contribution in [0.4, 0.5) is 0 Å². The molecule has 0 aromatic rings. The van der Waals surface area contributed by atoms with Crippen LogP contribution >= 0.6 is 0 Å². The molecule has 1 nitrogen and oxygen atoms in total. The lowest BCUT2D eigenvalue weighted by molar-refractivity contribution is -0.104. The summed E-state index contributed by atoms with van der Waals surface area (Å²) in [6.45, 7) is 6.33. The van der Waals surface area contributed by atoms with Crippen molar-refractivity contribution in [1.82, 2.24) is 0 Å². The van der Waals surface area contributed by atoms with Crippen LogP contribution in [0.3, 0.4) is 0 Å². The summed E-state index contributed by atoms with van der Waals surface area (Å²) in [4.78, 5) is 9.81. The molecule has 10 heavy (non-hydrogen) atoms. The van der Waals surface area contributed by atoms with Crippen molar-refractivity contribution in [3.63, 3.8) is 0 Å². The van der Waals surface area contributed by atoms with Gasteiger partial charge in [-0.2, -0.15) is 0 Å². The average Bonchev–Trinajstić information content (AvgIpc) is 1.78. The minimum atomic E-state index is 0.202. The molecule has 0 saturated carbocycles. The highest BCUT2D eigenvalue weighted by molar-refractivity contribution is 5.65. The van der Waals surface area contributed by atoms with Gasteiger partial charge in [0, 0.05) is 0 Å². The Morgan fingerprint density at radius 2 is 1.60 bits per heavy atom. The fraction of sp³-hybridized carbons (Fsp3) is 0.444. The molecule has 1 heteroatoms. The van der Waals surface area contributed by atoms with Crippen molar-refractivity contribution in [1.29, 1.82) is 0 Å². The molecular formula is C9H14O. The van der Waals surface area contributed by atoms with Gasteiger partial charge in [0.1, 0.15) is 6.29 Å². The van der Waals surface area contributed by atoms with Crippen molar-refractivity contribution in [3.8, 4) is 0 Å². The molecule has 0 aliphatic carbocycles. The van der Waals surface area contributed by atoms with Gasteiger partial charge in [0.25, 0.3) is 0 Å². The molecule has 0 aromatic heterocycles. The highest BCUT2D eigenvalue weighted by atomic mass is 16.1. The van der Waals surface area contributed by atoms with Gasteiger partial charge in [0.2, 0.25) is 0 Å². The molecule has 0 amide bonds. The molecule has 0 aliphatic heterocycles. The van der Waals surface area contributed by atoms with Crippen LogP contribution in [-0.4, -0.2) is 6.29 Å².